The summed E-state index contributed by atoms with van der Waals surface area (Å²) in [6.45, 7) is 2.15. The molecule has 1 heterocycles. The van der Waals surface area contributed by atoms with E-state index in [4.69, 9.17) is 5.73 Å². The average molecular weight is 243 g/mol. The van der Waals surface area contributed by atoms with Crippen molar-refractivity contribution in [2.75, 3.05) is 5.73 Å². The Morgan fingerprint density at radius 3 is 2.56 bits per heavy atom. The van der Waals surface area contributed by atoms with Crippen LogP contribution in [0.1, 0.15) is 29.3 Å². The van der Waals surface area contributed by atoms with Crippen LogP contribution in [0.2, 0.25) is 0 Å². The van der Waals surface area contributed by atoms with Crippen molar-refractivity contribution < 1.29 is 4.79 Å². The van der Waals surface area contributed by atoms with Gasteiger partial charge in [0.05, 0.1) is 5.56 Å². The fourth-order valence-electron chi connectivity index (χ4n) is 2.00. The van der Waals surface area contributed by atoms with Gasteiger partial charge in [0, 0.05) is 12.6 Å². The third-order valence-corrected chi connectivity index (χ3v) is 3.01. The average Bonchev–Trinajstić information content (AvgIpc) is 2.67. The number of nitrogens with two attached hydrogens (primary N) is 1. The Bertz CT molecular complexity index is 555. The molecular weight excluding hydrogens is 226 g/mol. The molecule has 0 spiro atoms. The minimum atomic E-state index is 0.401. The maximum Gasteiger partial charge on any atom is 0.156 e. The smallest absolute Gasteiger partial charge is 0.156 e. The van der Waals surface area contributed by atoms with Gasteiger partial charge in [-0.1, -0.05) is 37.6 Å². The number of benzene rings is 1. The number of aldehydes is 1. The molecule has 2 aromatic rings. The second kappa shape index (κ2) is 5.04. The summed E-state index contributed by atoms with van der Waals surface area (Å²) in [6.07, 6.45) is 2.94. The maximum atomic E-state index is 11.1. The Morgan fingerprint density at radius 2 is 2.00 bits per heavy atom. The summed E-state index contributed by atoms with van der Waals surface area (Å²) >= 11 is 0. The lowest BCUT2D eigenvalue weighted by Gasteiger charge is -2.01. The van der Waals surface area contributed by atoms with Gasteiger partial charge in [-0.3, -0.25) is 9.48 Å². The highest BCUT2D eigenvalue weighted by Gasteiger charge is 2.14. The van der Waals surface area contributed by atoms with Crippen molar-refractivity contribution in [2.45, 2.75) is 19.8 Å². The number of aryl methyl sites for hydroxylation is 2. The van der Waals surface area contributed by atoms with Crippen LogP contribution in [0.4, 0.5) is 5.82 Å². The van der Waals surface area contributed by atoms with Gasteiger partial charge in [0.15, 0.2) is 6.29 Å². The summed E-state index contributed by atoms with van der Waals surface area (Å²) < 4.78 is 1.53. The molecule has 94 valence electrons. The van der Waals surface area contributed by atoms with Crippen molar-refractivity contribution in [1.29, 1.82) is 0 Å². The van der Waals surface area contributed by atoms with Gasteiger partial charge in [-0.05, 0) is 12.0 Å². The number of hydrogen-bond donors (Lipinski definition) is 1. The molecule has 2 rings (SSSR count). The van der Waals surface area contributed by atoms with E-state index in [0.717, 1.165) is 24.7 Å². The Labute approximate surface area is 106 Å². The first kappa shape index (κ1) is 12.4. The van der Waals surface area contributed by atoms with E-state index >= 15 is 0 Å². The lowest BCUT2D eigenvalue weighted by atomic mass is 10.0. The van der Waals surface area contributed by atoms with Crippen LogP contribution in [0.3, 0.4) is 0 Å². The first-order valence-corrected chi connectivity index (χ1v) is 6.04. The zero-order valence-electron chi connectivity index (χ0n) is 10.7. The molecular formula is C14H17N3O. The van der Waals surface area contributed by atoms with Crippen LogP contribution in [-0.2, 0) is 13.5 Å². The molecule has 0 aliphatic heterocycles. The molecule has 0 bridgehead atoms. The molecule has 2 N–H and O–H groups in total. The van der Waals surface area contributed by atoms with Crippen molar-refractivity contribution >= 4 is 12.1 Å². The third kappa shape index (κ3) is 2.14. The molecule has 0 saturated heterocycles. The van der Waals surface area contributed by atoms with E-state index < -0.39 is 0 Å². The van der Waals surface area contributed by atoms with Gasteiger partial charge in [-0.2, -0.15) is 5.10 Å². The summed E-state index contributed by atoms with van der Waals surface area (Å²) in [7, 11) is 1.73. The van der Waals surface area contributed by atoms with Gasteiger partial charge in [-0.15, -0.1) is 0 Å². The van der Waals surface area contributed by atoms with Crippen LogP contribution in [0.15, 0.2) is 24.3 Å². The van der Waals surface area contributed by atoms with Crippen molar-refractivity contribution in [3.05, 3.63) is 35.4 Å². The van der Waals surface area contributed by atoms with E-state index in [0.29, 0.717) is 17.1 Å². The molecule has 1 aromatic carbocycles. The molecule has 0 saturated carbocycles. The van der Waals surface area contributed by atoms with Crippen LogP contribution in [-0.4, -0.2) is 16.1 Å². The predicted octanol–water partition coefficient (Wildman–Crippen LogP) is 2.43. The zero-order valence-corrected chi connectivity index (χ0v) is 10.7. The highest BCUT2D eigenvalue weighted by molar-refractivity contribution is 5.91. The first-order valence-electron chi connectivity index (χ1n) is 6.04. The van der Waals surface area contributed by atoms with E-state index in [1.165, 1.54) is 10.2 Å². The van der Waals surface area contributed by atoms with Crippen LogP contribution in [0.25, 0.3) is 11.3 Å². The maximum absolute atomic E-state index is 11.1. The van der Waals surface area contributed by atoms with Gasteiger partial charge in [0.1, 0.15) is 11.5 Å². The van der Waals surface area contributed by atoms with E-state index in [1.807, 2.05) is 12.1 Å². The van der Waals surface area contributed by atoms with E-state index in [9.17, 15) is 4.79 Å². The van der Waals surface area contributed by atoms with Crippen LogP contribution < -0.4 is 5.73 Å². The van der Waals surface area contributed by atoms with E-state index in [-0.39, 0.29) is 0 Å². The Hall–Kier alpha value is -2.10. The van der Waals surface area contributed by atoms with Gasteiger partial charge >= 0.3 is 0 Å². The SMILES string of the molecule is CCCc1ccc(-c2nn(C)c(N)c2C=O)cc1. The van der Waals surface area contributed by atoms with Crippen LogP contribution >= 0.6 is 0 Å². The number of rotatable bonds is 4. The van der Waals surface area contributed by atoms with Crippen molar-refractivity contribution in [2.24, 2.45) is 7.05 Å². The molecule has 4 nitrogen and oxygen atoms in total. The standard InChI is InChI=1S/C14H17N3O/c1-3-4-10-5-7-11(8-6-10)13-12(9-18)14(15)17(2)16-13/h5-9H,3-4,15H2,1-2H3. The van der Waals surface area contributed by atoms with Gasteiger partial charge in [-0.25, -0.2) is 0 Å². The van der Waals surface area contributed by atoms with Crippen molar-refractivity contribution in [3.8, 4) is 11.3 Å². The largest absolute Gasteiger partial charge is 0.383 e. The molecule has 0 atom stereocenters. The number of anilines is 1. The number of nitrogen functional groups attached to an aromatic ring is 1. The van der Waals surface area contributed by atoms with Crippen molar-refractivity contribution in [1.82, 2.24) is 9.78 Å². The Kier molecular flexibility index (Phi) is 3.46. The number of carbonyl (C=O) groups excluding carboxylic acids is 1. The Balaban J connectivity index is 2.42. The number of hydrogen-bond acceptors (Lipinski definition) is 3. The van der Waals surface area contributed by atoms with Crippen LogP contribution in [0.5, 0.6) is 0 Å². The molecule has 0 aliphatic carbocycles. The molecule has 0 radical (unpaired) electrons. The summed E-state index contributed by atoms with van der Waals surface area (Å²) in [6, 6.07) is 8.11. The van der Waals surface area contributed by atoms with Crippen LogP contribution in [0, 0.1) is 0 Å². The summed E-state index contributed by atoms with van der Waals surface area (Å²) in [5.74, 6) is 0.401. The quantitative estimate of drug-likeness (QED) is 0.839. The number of nitrogens with zero attached hydrogens (tertiary/aromatic N) is 2. The highest BCUT2D eigenvalue weighted by Crippen LogP contribution is 2.25. The van der Waals surface area contributed by atoms with Gasteiger partial charge in [0.25, 0.3) is 0 Å². The zero-order chi connectivity index (χ0) is 13.1. The van der Waals surface area contributed by atoms with Gasteiger partial charge < -0.3 is 5.73 Å². The number of carbonyl (C=O) groups is 1. The fraction of sp³-hybridized carbons (Fsp3) is 0.286. The second-order valence-corrected chi connectivity index (χ2v) is 4.34. The highest BCUT2D eigenvalue weighted by atomic mass is 16.1. The molecule has 0 fully saturated rings. The lowest BCUT2D eigenvalue weighted by molar-refractivity contribution is 0.112. The summed E-state index contributed by atoms with van der Waals surface area (Å²) in [5, 5.41) is 4.29. The predicted molar refractivity (Wildman–Crippen MR) is 72.4 cm³/mol. The molecule has 0 amide bonds. The topological polar surface area (TPSA) is 60.9 Å². The van der Waals surface area contributed by atoms with E-state index in [1.54, 1.807) is 7.05 Å². The Morgan fingerprint density at radius 1 is 1.33 bits per heavy atom. The summed E-state index contributed by atoms with van der Waals surface area (Å²) in [4.78, 5) is 11.1. The molecule has 1 aromatic heterocycles. The minimum absolute atomic E-state index is 0.401. The molecule has 0 aliphatic rings. The summed E-state index contributed by atoms with van der Waals surface area (Å²) in [5.41, 5.74) is 9.11. The fourth-order valence-corrected chi connectivity index (χ4v) is 2.00. The normalized spacial score (nSPS) is 10.6. The third-order valence-electron chi connectivity index (χ3n) is 3.01. The minimum Gasteiger partial charge on any atom is -0.383 e. The van der Waals surface area contributed by atoms with Gasteiger partial charge in [0.2, 0.25) is 0 Å². The molecule has 18 heavy (non-hydrogen) atoms. The van der Waals surface area contributed by atoms with Crippen molar-refractivity contribution in [3.63, 3.8) is 0 Å². The monoisotopic (exact) mass is 243 g/mol. The lowest BCUT2D eigenvalue weighted by Crippen LogP contribution is -1.98. The first-order chi connectivity index (χ1) is 8.67. The van der Waals surface area contributed by atoms with E-state index in [2.05, 4.69) is 24.2 Å². The second-order valence-electron chi connectivity index (χ2n) is 4.34. The molecule has 4 heteroatoms. The molecule has 0 unspecified atom stereocenters. The number of aromatic nitrogens is 2.